The zero-order valence-corrected chi connectivity index (χ0v) is 15.9. The zero-order valence-electron chi connectivity index (χ0n) is 14.2. The fraction of sp³-hybridized carbons (Fsp3) is 0.421. The van der Waals surface area contributed by atoms with Crippen LogP contribution in [0, 0.1) is 6.92 Å². The number of aryl methyl sites for hydroxylation is 1. The second kappa shape index (κ2) is 8.19. The van der Waals surface area contributed by atoms with E-state index < -0.39 is 0 Å². The summed E-state index contributed by atoms with van der Waals surface area (Å²) in [6.45, 7) is 4.91. The van der Waals surface area contributed by atoms with Gasteiger partial charge in [-0.05, 0) is 68.3 Å². The van der Waals surface area contributed by atoms with Gasteiger partial charge >= 0.3 is 0 Å². The highest BCUT2D eigenvalue weighted by molar-refractivity contribution is 7.98. The molecule has 0 saturated carbocycles. The number of amides is 1. The Morgan fingerprint density at radius 3 is 2.79 bits per heavy atom. The van der Waals surface area contributed by atoms with Gasteiger partial charge in [0, 0.05) is 21.9 Å². The van der Waals surface area contributed by atoms with E-state index in [1.807, 2.05) is 25.3 Å². The second-order valence-corrected chi connectivity index (χ2v) is 8.02. The SMILES string of the molecule is CSc1ccc(C)c(C(=O)NCC(c2cccs2)N2CCCC2)c1. The minimum absolute atomic E-state index is 0.0316. The molecule has 0 spiro atoms. The molecule has 5 heteroatoms. The monoisotopic (exact) mass is 360 g/mol. The van der Waals surface area contributed by atoms with Gasteiger partial charge < -0.3 is 5.32 Å². The molecule has 1 unspecified atom stereocenters. The number of nitrogens with zero attached hydrogens (tertiary/aromatic N) is 1. The van der Waals surface area contributed by atoms with Crippen LogP contribution < -0.4 is 5.32 Å². The molecule has 1 aliphatic heterocycles. The van der Waals surface area contributed by atoms with Gasteiger partial charge in [0.1, 0.15) is 0 Å². The molecular formula is C19H24N2OS2. The zero-order chi connectivity index (χ0) is 16.9. The van der Waals surface area contributed by atoms with Crippen LogP contribution in [0.25, 0.3) is 0 Å². The van der Waals surface area contributed by atoms with Crippen molar-refractivity contribution in [1.29, 1.82) is 0 Å². The van der Waals surface area contributed by atoms with Gasteiger partial charge in [0.05, 0.1) is 6.04 Å². The molecule has 128 valence electrons. The summed E-state index contributed by atoms with van der Waals surface area (Å²) in [7, 11) is 0. The van der Waals surface area contributed by atoms with E-state index in [2.05, 4.69) is 33.8 Å². The molecule has 1 N–H and O–H groups in total. The number of nitrogens with one attached hydrogen (secondary N) is 1. The molecule has 3 nitrogen and oxygen atoms in total. The lowest BCUT2D eigenvalue weighted by Crippen LogP contribution is -2.36. The Kier molecular flexibility index (Phi) is 5.98. The van der Waals surface area contributed by atoms with Crippen LogP contribution in [0.15, 0.2) is 40.6 Å². The van der Waals surface area contributed by atoms with Crippen molar-refractivity contribution < 1.29 is 4.79 Å². The molecule has 2 aromatic rings. The Balaban J connectivity index is 1.71. The summed E-state index contributed by atoms with van der Waals surface area (Å²) in [6.07, 6.45) is 4.54. The molecular weight excluding hydrogens is 336 g/mol. The van der Waals surface area contributed by atoms with E-state index in [1.54, 1.807) is 23.1 Å². The molecule has 0 bridgehead atoms. The van der Waals surface area contributed by atoms with E-state index in [0.717, 1.165) is 29.1 Å². The molecule has 0 radical (unpaired) electrons. The number of carbonyl (C=O) groups is 1. The van der Waals surface area contributed by atoms with Crippen molar-refractivity contribution >= 4 is 29.0 Å². The molecule has 24 heavy (non-hydrogen) atoms. The Morgan fingerprint density at radius 1 is 1.33 bits per heavy atom. The van der Waals surface area contributed by atoms with Gasteiger partial charge in [0.15, 0.2) is 0 Å². The molecule has 1 amide bonds. The van der Waals surface area contributed by atoms with E-state index in [-0.39, 0.29) is 5.91 Å². The van der Waals surface area contributed by atoms with Crippen LogP contribution in [0.5, 0.6) is 0 Å². The number of rotatable bonds is 6. The molecule has 1 aliphatic rings. The highest BCUT2D eigenvalue weighted by atomic mass is 32.2. The topological polar surface area (TPSA) is 32.3 Å². The maximum atomic E-state index is 12.7. The normalized spacial score (nSPS) is 16.2. The fourth-order valence-electron chi connectivity index (χ4n) is 3.20. The number of thiophene rings is 1. The fourth-order valence-corrected chi connectivity index (χ4v) is 4.50. The average Bonchev–Trinajstić information content (AvgIpc) is 3.29. The summed E-state index contributed by atoms with van der Waals surface area (Å²) in [5, 5.41) is 5.29. The number of carbonyl (C=O) groups excluding carboxylic acids is 1. The maximum absolute atomic E-state index is 12.7. The van der Waals surface area contributed by atoms with Gasteiger partial charge in [0.25, 0.3) is 5.91 Å². The van der Waals surface area contributed by atoms with Crippen molar-refractivity contribution in [3.05, 3.63) is 51.7 Å². The molecule has 3 rings (SSSR count). The minimum Gasteiger partial charge on any atom is -0.350 e. The quantitative estimate of drug-likeness (QED) is 0.778. The van der Waals surface area contributed by atoms with Crippen molar-refractivity contribution in [1.82, 2.24) is 10.2 Å². The van der Waals surface area contributed by atoms with Gasteiger partial charge in [-0.3, -0.25) is 9.69 Å². The van der Waals surface area contributed by atoms with Crippen molar-refractivity contribution in [2.45, 2.75) is 30.7 Å². The number of likely N-dealkylation sites (tertiary alicyclic amines) is 1. The van der Waals surface area contributed by atoms with Gasteiger partial charge in [0.2, 0.25) is 0 Å². The first-order chi connectivity index (χ1) is 11.7. The summed E-state index contributed by atoms with van der Waals surface area (Å²) in [4.78, 5) is 17.6. The third kappa shape index (κ3) is 4.02. The third-order valence-electron chi connectivity index (χ3n) is 4.60. The first-order valence-electron chi connectivity index (χ1n) is 8.39. The number of hydrogen-bond acceptors (Lipinski definition) is 4. The van der Waals surface area contributed by atoms with Crippen LogP contribution in [0.1, 0.15) is 39.7 Å². The number of hydrogen-bond donors (Lipinski definition) is 1. The van der Waals surface area contributed by atoms with Crippen molar-refractivity contribution in [3.8, 4) is 0 Å². The predicted molar refractivity (Wildman–Crippen MR) is 103 cm³/mol. The van der Waals surface area contributed by atoms with Gasteiger partial charge in [-0.2, -0.15) is 0 Å². The largest absolute Gasteiger partial charge is 0.350 e. The first kappa shape index (κ1) is 17.5. The second-order valence-electron chi connectivity index (χ2n) is 6.17. The maximum Gasteiger partial charge on any atom is 0.251 e. The third-order valence-corrected chi connectivity index (χ3v) is 6.30. The molecule has 1 saturated heterocycles. The lowest BCUT2D eigenvalue weighted by atomic mass is 10.1. The lowest BCUT2D eigenvalue weighted by Gasteiger charge is -2.27. The Labute approximate surface area is 152 Å². The van der Waals surface area contributed by atoms with Crippen LogP contribution in [0.3, 0.4) is 0 Å². The first-order valence-corrected chi connectivity index (χ1v) is 10.5. The van der Waals surface area contributed by atoms with Crippen LogP contribution in [-0.4, -0.2) is 36.7 Å². The summed E-state index contributed by atoms with van der Waals surface area (Å²) >= 11 is 3.44. The molecule has 0 aliphatic carbocycles. The standard InChI is InChI=1S/C19H24N2OS2/c1-14-7-8-15(23-2)12-16(14)19(22)20-13-17(18-6-5-11-24-18)21-9-3-4-10-21/h5-8,11-12,17H,3-4,9-10,13H2,1-2H3,(H,20,22). The molecule has 1 aromatic heterocycles. The van der Waals surface area contributed by atoms with E-state index >= 15 is 0 Å². The Morgan fingerprint density at radius 2 is 2.12 bits per heavy atom. The van der Waals surface area contributed by atoms with Crippen LogP contribution >= 0.6 is 23.1 Å². The van der Waals surface area contributed by atoms with E-state index in [0.29, 0.717) is 12.6 Å². The number of thioether (sulfide) groups is 1. The van der Waals surface area contributed by atoms with Crippen LogP contribution in [0.2, 0.25) is 0 Å². The molecule has 1 atom stereocenters. The highest BCUT2D eigenvalue weighted by Crippen LogP contribution is 2.28. The van der Waals surface area contributed by atoms with Gasteiger partial charge in [-0.15, -0.1) is 23.1 Å². The van der Waals surface area contributed by atoms with Gasteiger partial charge in [-0.1, -0.05) is 12.1 Å². The van der Waals surface area contributed by atoms with Crippen LogP contribution in [-0.2, 0) is 0 Å². The Bertz CT molecular complexity index is 679. The smallest absolute Gasteiger partial charge is 0.251 e. The van der Waals surface area contributed by atoms with Crippen molar-refractivity contribution in [3.63, 3.8) is 0 Å². The summed E-state index contributed by atoms with van der Waals surface area (Å²) < 4.78 is 0. The highest BCUT2D eigenvalue weighted by Gasteiger charge is 2.25. The van der Waals surface area contributed by atoms with E-state index in [4.69, 9.17) is 0 Å². The van der Waals surface area contributed by atoms with Gasteiger partial charge in [-0.25, -0.2) is 0 Å². The van der Waals surface area contributed by atoms with E-state index in [9.17, 15) is 4.79 Å². The number of benzene rings is 1. The predicted octanol–water partition coefficient (Wildman–Crippen LogP) is 4.35. The van der Waals surface area contributed by atoms with Crippen molar-refractivity contribution in [2.24, 2.45) is 0 Å². The van der Waals surface area contributed by atoms with E-state index in [1.165, 1.54) is 17.7 Å². The minimum atomic E-state index is 0.0316. The Hall–Kier alpha value is -1.30. The molecule has 1 fully saturated rings. The van der Waals surface area contributed by atoms with Crippen molar-refractivity contribution in [2.75, 3.05) is 25.9 Å². The van der Waals surface area contributed by atoms with Crippen LogP contribution in [0.4, 0.5) is 0 Å². The summed E-state index contributed by atoms with van der Waals surface area (Å²) in [6, 6.07) is 10.6. The lowest BCUT2D eigenvalue weighted by molar-refractivity contribution is 0.0937. The summed E-state index contributed by atoms with van der Waals surface area (Å²) in [5.74, 6) is 0.0316. The average molecular weight is 361 g/mol. The summed E-state index contributed by atoms with van der Waals surface area (Å²) in [5.41, 5.74) is 1.81. The molecule has 1 aromatic carbocycles. The molecule has 2 heterocycles.